The van der Waals surface area contributed by atoms with Crippen molar-refractivity contribution in [3.8, 4) is 5.69 Å². The fourth-order valence-corrected chi connectivity index (χ4v) is 4.69. The second-order valence-electron chi connectivity index (χ2n) is 8.50. The SMILES string of the molecule is O=C(O)c1cccc(-n2nc(CC(c3ccccc3)c3ccccc3)c3c2NCCCC3)c1. The number of hydrogen-bond acceptors (Lipinski definition) is 3. The van der Waals surface area contributed by atoms with E-state index >= 15 is 0 Å². The molecule has 2 N–H and O–H groups in total. The van der Waals surface area contributed by atoms with Crippen molar-refractivity contribution in [3.63, 3.8) is 0 Å². The summed E-state index contributed by atoms with van der Waals surface area (Å²) in [6.07, 6.45) is 3.95. The van der Waals surface area contributed by atoms with Gasteiger partial charge in [0.15, 0.2) is 0 Å². The van der Waals surface area contributed by atoms with E-state index in [9.17, 15) is 9.90 Å². The number of anilines is 1. The van der Waals surface area contributed by atoms with E-state index in [2.05, 4.69) is 53.8 Å². The average Bonchev–Trinajstić information content (AvgIpc) is 3.02. The number of fused-ring (bicyclic) bond motifs is 1. The summed E-state index contributed by atoms with van der Waals surface area (Å²) in [5.41, 5.74) is 5.87. The Labute approximate surface area is 193 Å². The second kappa shape index (κ2) is 9.33. The molecular formula is C28H27N3O2. The second-order valence-corrected chi connectivity index (χ2v) is 8.50. The third-order valence-corrected chi connectivity index (χ3v) is 6.35. The van der Waals surface area contributed by atoms with Crippen molar-refractivity contribution < 1.29 is 9.90 Å². The Hall–Kier alpha value is -3.86. The molecule has 1 aliphatic rings. The van der Waals surface area contributed by atoms with Crippen molar-refractivity contribution in [1.29, 1.82) is 0 Å². The maximum Gasteiger partial charge on any atom is 0.335 e. The lowest BCUT2D eigenvalue weighted by molar-refractivity contribution is 0.0697. The standard InChI is InChI=1S/C28H27N3O2/c32-28(33)22-14-9-15-23(18-22)31-27-24(16-7-8-17-29-27)26(30-31)19-25(20-10-3-1-4-11-20)21-12-5-2-6-13-21/h1-6,9-15,18,25,29H,7-8,16-17,19H2,(H,32,33). The van der Waals surface area contributed by atoms with E-state index in [0.717, 1.165) is 49.4 Å². The van der Waals surface area contributed by atoms with Crippen molar-refractivity contribution >= 4 is 11.8 Å². The lowest BCUT2D eigenvalue weighted by Gasteiger charge is -2.18. The number of aromatic carboxylic acids is 1. The van der Waals surface area contributed by atoms with Gasteiger partial charge < -0.3 is 10.4 Å². The summed E-state index contributed by atoms with van der Waals surface area (Å²) in [5, 5.41) is 18.1. The quantitative estimate of drug-likeness (QED) is 0.406. The Bertz CT molecular complexity index is 1210. The number of carboxylic acids is 1. The first-order valence-electron chi connectivity index (χ1n) is 11.5. The van der Waals surface area contributed by atoms with E-state index < -0.39 is 5.97 Å². The molecule has 0 amide bonds. The van der Waals surface area contributed by atoms with Crippen LogP contribution >= 0.6 is 0 Å². The Morgan fingerprint density at radius 2 is 1.64 bits per heavy atom. The molecular weight excluding hydrogens is 410 g/mol. The third kappa shape index (κ3) is 4.40. The molecule has 4 aromatic rings. The van der Waals surface area contributed by atoms with Crippen molar-refractivity contribution in [1.82, 2.24) is 9.78 Å². The predicted molar refractivity (Wildman–Crippen MR) is 130 cm³/mol. The number of carboxylic acid groups (broad SMARTS) is 1. The van der Waals surface area contributed by atoms with E-state index in [-0.39, 0.29) is 11.5 Å². The molecule has 0 radical (unpaired) electrons. The third-order valence-electron chi connectivity index (χ3n) is 6.35. The first kappa shape index (κ1) is 21.0. The van der Waals surface area contributed by atoms with Gasteiger partial charge in [-0.05, 0) is 48.6 Å². The van der Waals surface area contributed by atoms with E-state index in [4.69, 9.17) is 5.10 Å². The van der Waals surface area contributed by atoms with Crippen LogP contribution < -0.4 is 5.32 Å². The molecule has 3 aromatic carbocycles. The van der Waals surface area contributed by atoms with Gasteiger partial charge in [0.05, 0.1) is 16.9 Å². The predicted octanol–water partition coefficient (Wildman–Crippen LogP) is 5.69. The van der Waals surface area contributed by atoms with Crippen molar-refractivity contribution in [2.24, 2.45) is 0 Å². The number of benzene rings is 3. The summed E-state index contributed by atoms with van der Waals surface area (Å²) >= 11 is 0. The highest BCUT2D eigenvalue weighted by molar-refractivity contribution is 5.88. The van der Waals surface area contributed by atoms with Crippen LogP contribution in [0.4, 0.5) is 5.82 Å². The van der Waals surface area contributed by atoms with Crippen LogP contribution in [-0.2, 0) is 12.8 Å². The van der Waals surface area contributed by atoms with Crippen LogP contribution in [0.1, 0.15) is 51.5 Å². The molecule has 0 fully saturated rings. The summed E-state index contributed by atoms with van der Waals surface area (Å²) in [6, 6.07) is 28.2. The zero-order chi connectivity index (χ0) is 22.6. The highest BCUT2D eigenvalue weighted by Gasteiger charge is 2.24. The molecule has 166 valence electrons. The molecule has 1 aromatic heterocycles. The fourth-order valence-electron chi connectivity index (χ4n) is 4.69. The lowest BCUT2D eigenvalue weighted by atomic mass is 9.86. The first-order chi connectivity index (χ1) is 16.2. The Morgan fingerprint density at radius 3 is 2.30 bits per heavy atom. The molecule has 0 atom stereocenters. The zero-order valence-corrected chi connectivity index (χ0v) is 18.4. The van der Waals surface area contributed by atoms with Crippen molar-refractivity contribution in [2.45, 2.75) is 31.6 Å². The summed E-state index contributed by atoms with van der Waals surface area (Å²) < 4.78 is 1.90. The van der Waals surface area contributed by atoms with Gasteiger partial charge >= 0.3 is 5.97 Å². The molecule has 0 saturated heterocycles. The molecule has 2 heterocycles. The largest absolute Gasteiger partial charge is 0.478 e. The van der Waals surface area contributed by atoms with E-state index in [1.165, 1.54) is 16.7 Å². The summed E-state index contributed by atoms with van der Waals surface area (Å²) in [7, 11) is 0. The average molecular weight is 438 g/mol. The number of aromatic nitrogens is 2. The van der Waals surface area contributed by atoms with Crippen LogP contribution in [0.2, 0.25) is 0 Å². The van der Waals surface area contributed by atoms with Crippen molar-refractivity contribution in [3.05, 3.63) is 113 Å². The van der Waals surface area contributed by atoms with Crippen LogP contribution in [0, 0.1) is 0 Å². The molecule has 0 spiro atoms. The summed E-state index contributed by atoms with van der Waals surface area (Å²) in [4.78, 5) is 11.5. The van der Waals surface area contributed by atoms with Gasteiger partial charge in [-0.25, -0.2) is 9.48 Å². The highest BCUT2D eigenvalue weighted by Crippen LogP contribution is 2.34. The number of nitrogens with one attached hydrogen (secondary N) is 1. The number of rotatable bonds is 6. The Morgan fingerprint density at radius 1 is 0.939 bits per heavy atom. The monoisotopic (exact) mass is 437 g/mol. The molecule has 0 aliphatic carbocycles. The molecule has 0 saturated carbocycles. The maximum absolute atomic E-state index is 11.5. The molecule has 0 bridgehead atoms. The van der Waals surface area contributed by atoms with Crippen LogP contribution in [0.15, 0.2) is 84.9 Å². The van der Waals surface area contributed by atoms with Gasteiger partial charge in [-0.1, -0.05) is 66.7 Å². The zero-order valence-electron chi connectivity index (χ0n) is 18.4. The van der Waals surface area contributed by atoms with Gasteiger partial charge in [0.2, 0.25) is 0 Å². The van der Waals surface area contributed by atoms with Gasteiger partial charge in [-0.3, -0.25) is 0 Å². The number of nitrogens with zero attached hydrogens (tertiary/aromatic N) is 2. The molecule has 5 heteroatoms. The lowest BCUT2D eigenvalue weighted by Crippen LogP contribution is -2.09. The smallest absolute Gasteiger partial charge is 0.335 e. The van der Waals surface area contributed by atoms with E-state index in [1.807, 2.05) is 22.9 Å². The van der Waals surface area contributed by atoms with Gasteiger partial charge in [-0.15, -0.1) is 0 Å². The maximum atomic E-state index is 11.5. The Kier molecular flexibility index (Phi) is 5.94. The highest BCUT2D eigenvalue weighted by atomic mass is 16.4. The van der Waals surface area contributed by atoms with Gasteiger partial charge in [0.25, 0.3) is 0 Å². The van der Waals surface area contributed by atoms with Crippen molar-refractivity contribution in [2.75, 3.05) is 11.9 Å². The van der Waals surface area contributed by atoms with Gasteiger partial charge in [0, 0.05) is 24.4 Å². The minimum absolute atomic E-state index is 0.188. The number of carbonyl (C=O) groups is 1. The molecule has 1 aliphatic heterocycles. The summed E-state index contributed by atoms with van der Waals surface area (Å²) in [6.45, 7) is 0.886. The van der Waals surface area contributed by atoms with Crippen LogP contribution in [0.25, 0.3) is 5.69 Å². The summed E-state index contributed by atoms with van der Waals surface area (Å²) in [5.74, 6) is 0.245. The molecule has 5 rings (SSSR count). The van der Waals surface area contributed by atoms with Crippen LogP contribution in [0.3, 0.4) is 0 Å². The minimum Gasteiger partial charge on any atom is -0.478 e. The van der Waals surface area contributed by atoms with Gasteiger partial charge in [0.1, 0.15) is 5.82 Å². The normalized spacial score (nSPS) is 13.2. The Balaban J connectivity index is 1.60. The molecule has 0 unspecified atom stereocenters. The number of hydrogen-bond donors (Lipinski definition) is 2. The van der Waals surface area contributed by atoms with E-state index in [0.29, 0.717) is 0 Å². The minimum atomic E-state index is -0.934. The van der Waals surface area contributed by atoms with Crippen LogP contribution in [0.5, 0.6) is 0 Å². The fraction of sp³-hybridized carbons (Fsp3) is 0.214. The molecule has 5 nitrogen and oxygen atoms in total. The van der Waals surface area contributed by atoms with E-state index in [1.54, 1.807) is 18.2 Å². The molecule has 33 heavy (non-hydrogen) atoms. The van der Waals surface area contributed by atoms with Gasteiger partial charge in [-0.2, -0.15) is 5.10 Å². The topological polar surface area (TPSA) is 67.1 Å². The first-order valence-corrected chi connectivity index (χ1v) is 11.5. The van der Waals surface area contributed by atoms with Crippen LogP contribution in [-0.4, -0.2) is 27.4 Å².